The van der Waals surface area contributed by atoms with Crippen molar-refractivity contribution in [3.8, 4) is 22.9 Å². The number of ether oxygens (including phenoxy) is 2. The summed E-state index contributed by atoms with van der Waals surface area (Å²) in [5.74, 6) is 2.83. The van der Waals surface area contributed by atoms with Crippen LogP contribution in [0.2, 0.25) is 0 Å². The first-order valence-corrected chi connectivity index (χ1v) is 10.6. The van der Waals surface area contributed by atoms with E-state index in [1.165, 1.54) is 6.42 Å². The number of carbonyl (C=O) groups excluding carboxylic acids is 1. The zero-order valence-electron chi connectivity index (χ0n) is 18.0. The Morgan fingerprint density at radius 1 is 0.968 bits per heavy atom. The van der Waals surface area contributed by atoms with Gasteiger partial charge in [-0.3, -0.25) is 9.89 Å². The van der Waals surface area contributed by atoms with Crippen LogP contribution >= 0.6 is 0 Å². The molecule has 162 valence electrons. The fourth-order valence-electron chi connectivity index (χ4n) is 4.29. The van der Waals surface area contributed by atoms with Crippen LogP contribution in [0.4, 0.5) is 0 Å². The van der Waals surface area contributed by atoms with E-state index >= 15 is 0 Å². The number of benzene rings is 2. The van der Waals surface area contributed by atoms with E-state index in [1.807, 2.05) is 48.5 Å². The monoisotopic (exact) mass is 420 g/mol. The third-order valence-corrected chi connectivity index (χ3v) is 6.08. The second-order valence-corrected chi connectivity index (χ2v) is 7.89. The Morgan fingerprint density at radius 3 is 2.19 bits per heavy atom. The van der Waals surface area contributed by atoms with Crippen LogP contribution in [-0.4, -0.2) is 35.3 Å². The van der Waals surface area contributed by atoms with Crippen LogP contribution in [-0.2, 0) is 16.8 Å². The highest BCUT2D eigenvalue weighted by atomic mass is 16.5. The van der Waals surface area contributed by atoms with E-state index in [2.05, 4.69) is 20.5 Å². The van der Waals surface area contributed by atoms with Crippen LogP contribution in [0.1, 0.15) is 43.5 Å². The van der Waals surface area contributed by atoms with Crippen molar-refractivity contribution in [1.29, 1.82) is 0 Å². The van der Waals surface area contributed by atoms with Crippen LogP contribution in [0.3, 0.4) is 0 Å². The third kappa shape index (κ3) is 4.40. The van der Waals surface area contributed by atoms with Gasteiger partial charge in [0, 0.05) is 5.56 Å². The van der Waals surface area contributed by atoms with Gasteiger partial charge in [-0.1, -0.05) is 31.4 Å². The molecule has 1 aliphatic rings. The van der Waals surface area contributed by atoms with E-state index in [0.717, 1.165) is 48.3 Å². The van der Waals surface area contributed by atoms with Gasteiger partial charge in [-0.25, -0.2) is 4.98 Å². The van der Waals surface area contributed by atoms with Crippen molar-refractivity contribution in [1.82, 2.24) is 20.5 Å². The molecule has 1 saturated carbocycles. The number of nitrogens with one attached hydrogen (secondary N) is 2. The molecule has 1 aromatic heterocycles. The van der Waals surface area contributed by atoms with Gasteiger partial charge < -0.3 is 14.8 Å². The molecule has 0 saturated heterocycles. The van der Waals surface area contributed by atoms with Gasteiger partial charge in [-0.05, 0) is 54.8 Å². The van der Waals surface area contributed by atoms with E-state index in [9.17, 15) is 4.79 Å². The molecule has 7 nitrogen and oxygen atoms in total. The Balaban J connectivity index is 1.47. The summed E-state index contributed by atoms with van der Waals surface area (Å²) in [6.07, 6.45) is 4.95. The van der Waals surface area contributed by atoms with E-state index in [1.54, 1.807) is 14.2 Å². The summed E-state index contributed by atoms with van der Waals surface area (Å²) in [5.41, 5.74) is 1.42. The average Bonchev–Trinajstić information content (AvgIpc) is 3.32. The Morgan fingerprint density at radius 2 is 1.58 bits per heavy atom. The molecule has 0 atom stereocenters. The van der Waals surface area contributed by atoms with Crippen molar-refractivity contribution in [3.05, 3.63) is 59.9 Å². The molecule has 0 aliphatic heterocycles. The van der Waals surface area contributed by atoms with Crippen molar-refractivity contribution in [3.63, 3.8) is 0 Å². The second kappa shape index (κ2) is 9.20. The SMILES string of the molecule is COc1ccc(-c2n[nH]c(CNC(=O)C3(c4ccc(OC)cc4)CCCCC3)n2)cc1. The molecular formula is C24H28N4O3. The van der Waals surface area contributed by atoms with Crippen LogP contribution in [0.25, 0.3) is 11.4 Å². The third-order valence-electron chi connectivity index (χ3n) is 6.08. The predicted octanol–water partition coefficient (Wildman–Crippen LogP) is 4.01. The molecule has 7 heteroatoms. The summed E-state index contributed by atoms with van der Waals surface area (Å²) in [5, 5.41) is 10.3. The smallest absolute Gasteiger partial charge is 0.231 e. The standard InChI is InChI=1S/C24H28N4O3/c1-30-19-10-6-17(7-11-19)22-26-21(27-28-22)16-25-23(29)24(14-4-3-5-15-24)18-8-12-20(31-2)13-9-18/h6-13H,3-5,14-16H2,1-2H3,(H,25,29)(H,26,27,28). The molecule has 31 heavy (non-hydrogen) atoms. The predicted molar refractivity (Wildman–Crippen MR) is 118 cm³/mol. The Labute approximate surface area is 182 Å². The summed E-state index contributed by atoms with van der Waals surface area (Å²) < 4.78 is 10.5. The highest BCUT2D eigenvalue weighted by Gasteiger charge is 2.41. The molecule has 4 rings (SSSR count). The Bertz CT molecular complexity index is 1010. The summed E-state index contributed by atoms with van der Waals surface area (Å²) in [7, 11) is 3.28. The highest BCUT2D eigenvalue weighted by Crippen LogP contribution is 2.40. The lowest BCUT2D eigenvalue weighted by molar-refractivity contribution is -0.128. The lowest BCUT2D eigenvalue weighted by Gasteiger charge is -2.36. The minimum atomic E-state index is -0.511. The van der Waals surface area contributed by atoms with E-state index in [0.29, 0.717) is 18.2 Å². The van der Waals surface area contributed by atoms with Crippen LogP contribution in [0.15, 0.2) is 48.5 Å². The number of nitrogens with zero attached hydrogens (tertiary/aromatic N) is 2. The molecule has 3 aromatic rings. The molecular weight excluding hydrogens is 392 g/mol. The van der Waals surface area contributed by atoms with Crippen molar-refractivity contribution >= 4 is 5.91 Å². The molecule has 1 amide bonds. The minimum absolute atomic E-state index is 0.0414. The maximum Gasteiger partial charge on any atom is 0.231 e. The molecule has 1 fully saturated rings. The number of carbonyl (C=O) groups is 1. The first kappa shape index (κ1) is 20.9. The summed E-state index contributed by atoms with van der Waals surface area (Å²) in [6, 6.07) is 15.4. The molecule has 2 N–H and O–H groups in total. The Hall–Kier alpha value is -3.35. The summed E-state index contributed by atoms with van der Waals surface area (Å²) in [6.45, 7) is 0.305. The van der Waals surface area contributed by atoms with E-state index in [-0.39, 0.29) is 5.91 Å². The van der Waals surface area contributed by atoms with Gasteiger partial charge in [0.25, 0.3) is 0 Å². The van der Waals surface area contributed by atoms with Crippen LogP contribution in [0, 0.1) is 0 Å². The van der Waals surface area contributed by atoms with Crippen LogP contribution in [0.5, 0.6) is 11.5 Å². The first-order chi connectivity index (χ1) is 15.1. The summed E-state index contributed by atoms with van der Waals surface area (Å²) in [4.78, 5) is 17.9. The number of hydrogen-bond acceptors (Lipinski definition) is 5. The number of aromatic amines is 1. The fourth-order valence-corrected chi connectivity index (χ4v) is 4.29. The molecule has 1 heterocycles. The zero-order valence-corrected chi connectivity index (χ0v) is 18.0. The van der Waals surface area contributed by atoms with Gasteiger partial charge in [0.1, 0.15) is 17.3 Å². The summed E-state index contributed by atoms with van der Waals surface area (Å²) >= 11 is 0. The number of hydrogen-bond donors (Lipinski definition) is 2. The van der Waals surface area contributed by atoms with Gasteiger partial charge in [0.05, 0.1) is 26.2 Å². The van der Waals surface area contributed by atoms with E-state index in [4.69, 9.17) is 9.47 Å². The average molecular weight is 421 g/mol. The molecule has 0 bridgehead atoms. The Kier molecular flexibility index (Phi) is 6.21. The molecule has 1 aliphatic carbocycles. The maximum atomic E-state index is 13.4. The first-order valence-electron chi connectivity index (χ1n) is 10.6. The van der Waals surface area contributed by atoms with Gasteiger partial charge in [0.2, 0.25) is 5.91 Å². The van der Waals surface area contributed by atoms with Gasteiger partial charge in [0.15, 0.2) is 5.82 Å². The molecule has 0 radical (unpaired) electrons. The van der Waals surface area contributed by atoms with Crippen LogP contribution < -0.4 is 14.8 Å². The number of H-pyrrole nitrogens is 1. The maximum absolute atomic E-state index is 13.4. The van der Waals surface area contributed by atoms with Gasteiger partial charge in [-0.2, -0.15) is 5.10 Å². The number of rotatable bonds is 7. The molecule has 0 spiro atoms. The number of amides is 1. The number of aromatic nitrogens is 3. The second-order valence-electron chi connectivity index (χ2n) is 7.89. The largest absolute Gasteiger partial charge is 0.497 e. The van der Waals surface area contributed by atoms with Gasteiger partial charge in [-0.15, -0.1) is 0 Å². The lowest BCUT2D eigenvalue weighted by Crippen LogP contribution is -2.45. The molecule has 2 aromatic carbocycles. The van der Waals surface area contributed by atoms with Gasteiger partial charge >= 0.3 is 0 Å². The van der Waals surface area contributed by atoms with E-state index < -0.39 is 5.41 Å². The number of methoxy groups -OCH3 is 2. The normalized spacial score (nSPS) is 15.3. The van der Waals surface area contributed by atoms with Crippen molar-refractivity contribution in [2.24, 2.45) is 0 Å². The van der Waals surface area contributed by atoms with Crippen molar-refractivity contribution in [2.75, 3.05) is 14.2 Å². The fraction of sp³-hybridized carbons (Fsp3) is 0.375. The van der Waals surface area contributed by atoms with Crippen molar-refractivity contribution < 1.29 is 14.3 Å². The lowest BCUT2D eigenvalue weighted by atomic mass is 9.68. The molecule has 0 unspecified atom stereocenters. The zero-order chi connectivity index (χ0) is 21.7. The highest BCUT2D eigenvalue weighted by molar-refractivity contribution is 5.88. The van der Waals surface area contributed by atoms with Crippen molar-refractivity contribution in [2.45, 2.75) is 44.1 Å². The minimum Gasteiger partial charge on any atom is -0.497 e. The quantitative estimate of drug-likeness (QED) is 0.603. The topological polar surface area (TPSA) is 89.1 Å².